The summed E-state index contributed by atoms with van der Waals surface area (Å²) in [6, 6.07) is 4.80. The minimum atomic E-state index is -0.285. The van der Waals surface area contributed by atoms with Gasteiger partial charge in [-0.15, -0.1) is 0 Å². The van der Waals surface area contributed by atoms with Crippen LogP contribution in [-0.4, -0.2) is 49.8 Å². The van der Waals surface area contributed by atoms with Gasteiger partial charge in [-0.2, -0.15) is 0 Å². The van der Waals surface area contributed by atoms with Gasteiger partial charge in [0.2, 0.25) is 0 Å². The molecule has 0 spiro atoms. The minimum absolute atomic E-state index is 0.0833. The van der Waals surface area contributed by atoms with Crippen molar-refractivity contribution in [3.05, 3.63) is 23.2 Å². The average molecular weight is 286 g/mol. The number of hydrogen-bond acceptors (Lipinski definition) is 3. The van der Waals surface area contributed by atoms with Crippen molar-refractivity contribution in [1.29, 1.82) is 0 Å². The summed E-state index contributed by atoms with van der Waals surface area (Å²) in [5.74, 6) is 0. The van der Waals surface area contributed by atoms with E-state index in [1.807, 2.05) is 19.0 Å². The number of nitrogens with one attached hydrogen (secondary N) is 1. The normalized spacial score (nSPS) is 11.9. The topological polar surface area (TPSA) is 55.8 Å². The summed E-state index contributed by atoms with van der Waals surface area (Å²) in [6.07, 6.45) is 0. The van der Waals surface area contributed by atoms with Gasteiger partial charge in [0.25, 0.3) is 0 Å². The number of carbonyl (C=O) groups excluding carboxylic acids is 1. The third kappa shape index (κ3) is 3.75. The fourth-order valence-electron chi connectivity index (χ4n) is 1.60. The highest BCUT2D eigenvalue weighted by Gasteiger charge is 2.17. The van der Waals surface area contributed by atoms with Crippen molar-refractivity contribution in [2.24, 2.45) is 0 Å². The lowest BCUT2D eigenvalue weighted by Gasteiger charge is -2.25. The summed E-state index contributed by atoms with van der Waals surface area (Å²) in [7, 11) is 5.35. The highest BCUT2D eigenvalue weighted by molar-refractivity contribution is 6.34. The maximum Gasteiger partial charge on any atom is 0.321 e. The smallest absolute Gasteiger partial charge is 0.321 e. The molecule has 19 heavy (non-hydrogen) atoms. The standard InChI is InChI=1S/C13H20ClN3O2/c1-9(8-18)17(4)13(19)15-11-7-5-6-10(14)12(11)16(2)3/h5-7,9,18H,8H2,1-4H3,(H,15,19). The van der Waals surface area contributed by atoms with Crippen LogP contribution in [0.3, 0.4) is 0 Å². The molecule has 0 aliphatic carbocycles. The van der Waals surface area contributed by atoms with E-state index in [2.05, 4.69) is 5.32 Å². The molecule has 1 aromatic carbocycles. The Morgan fingerprint density at radius 2 is 2.05 bits per heavy atom. The Morgan fingerprint density at radius 3 is 2.58 bits per heavy atom. The number of likely N-dealkylation sites (N-methyl/N-ethyl adjacent to an activating group) is 1. The van der Waals surface area contributed by atoms with Gasteiger partial charge in [0, 0.05) is 21.1 Å². The molecule has 1 atom stereocenters. The van der Waals surface area contributed by atoms with Crippen molar-refractivity contribution in [2.45, 2.75) is 13.0 Å². The molecule has 1 unspecified atom stereocenters. The molecule has 5 nitrogen and oxygen atoms in total. The van der Waals surface area contributed by atoms with Crippen LogP contribution in [0.2, 0.25) is 5.02 Å². The Morgan fingerprint density at radius 1 is 1.42 bits per heavy atom. The zero-order valence-corrected chi connectivity index (χ0v) is 12.4. The quantitative estimate of drug-likeness (QED) is 0.892. The number of urea groups is 1. The summed E-state index contributed by atoms with van der Waals surface area (Å²) < 4.78 is 0. The molecular formula is C13H20ClN3O2. The zero-order chi connectivity index (χ0) is 14.6. The van der Waals surface area contributed by atoms with Crippen LogP contribution in [0.5, 0.6) is 0 Å². The second kappa shape index (κ2) is 6.63. The summed E-state index contributed by atoms with van der Waals surface area (Å²) in [4.78, 5) is 15.3. The van der Waals surface area contributed by atoms with E-state index in [-0.39, 0.29) is 18.7 Å². The van der Waals surface area contributed by atoms with Crippen LogP contribution >= 0.6 is 11.6 Å². The highest BCUT2D eigenvalue weighted by atomic mass is 35.5. The molecular weight excluding hydrogens is 266 g/mol. The van der Waals surface area contributed by atoms with Crippen LogP contribution in [0.15, 0.2) is 18.2 Å². The molecule has 106 valence electrons. The van der Waals surface area contributed by atoms with Gasteiger partial charge in [0.05, 0.1) is 29.0 Å². The maximum atomic E-state index is 12.0. The number of aliphatic hydroxyl groups is 1. The third-order valence-electron chi connectivity index (χ3n) is 2.92. The first-order chi connectivity index (χ1) is 8.88. The van der Waals surface area contributed by atoms with Crippen LogP contribution in [0, 0.1) is 0 Å². The highest BCUT2D eigenvalue weighted by Crippen LogP contribution is 2.32. The van der Waals surface area contributed by atoms with Gasteiger partial charge >= 0.3 is 6.03 Å². The SMILES string of the molecule is CC(CO)N(C)C(=O)Nc1cccc(Cl)c1N(C)C. The minimum Gasteiger partial charge on any atom is -0.394 e. The fourth-order valence-corrected chi connectivity index (χ4v) is 1.94. The largest absolute Gasteiger partial charge is 0.394 e. The number of para-hydroxylation sites is 1. The summed E-state index contributed by atoms with van der Waals surface area (Å²) in [5.41, 5.74) is 1.39. The predicted molar refractivity (Wildman–Crippen MR) is 79.1 cm³/mol. The number of aliphatic hydroxyl groups excluding tert-OH is 1. The number of anilines is 2. The van der Waals surface area contributed by atoms with E-state index in [4.69, 9.17) is 16.7 Å². The number of carbonyl (C=O) groups is 1. The van der Waals surface area contributed by atoms with Gasteiger partial charge in [-0.05, 0) is 19.1 Å². The van der Waals surface area contributed by atoms with E-state index in [1.54, 1.807) is 32.2 Å². The Hall–Kier alpha value is -1.46. The lowest BCUT2D eigenvalue weighted by molar-refractivity contribution is 0.166. The number of nitrogens with zero attached hydrogens (tertiary/aromatic N) is 2. The van der Waals surface area contributed by atoms with E-state index in [9.17, 15) is 4.79 Å². The molecule has 0 aliphatic heterocycles. The lowest BCUT2D eigenvalue weighted by Crippen LogP contribution is -2.40. The molecule has 0 saturated heterocycles. The van der Waals surface area contributed by atoms with Crippen molar-refractivity contribution in [3.8, 4) is 0 Å². The van der Waals surface area contributed by atoms with Gasteiger partial charge < -0.3 is 20.2 Å². The number of amides is 2. The monoisotopic (exact) mass is 285 g/mol. The van der Waals surface area contributed by atoms with E-state index in [0.29, 0.717) is 10.7 Å². The summed E-state index contributed by atoms with van der Waals surface area (Å²) >= 11 is 6.13. The molecule has 0 bridgehead atoms. The van der Waals surface area contributed by atoms with Crippen LogP contribution in [0.1, 0.15) is 6.92 Å². The van der Waals surface area contributed by atoms with Crippen molar-refractivity contribution in [2.75, 3.05) is 38.0 Å². The maximum absolute atomic E-state index is 12.0. The van der Waals surface area contributed by atoms with Gasteiger partial charge in [0.1, 0.15) is 0 Å². The average Bonchev–Trinajstić information content (AvgIpc) is 2.36. The van der Waals surface area contributed by atoms with Crippen molar-refractivity contribution in [1.82, 2.24) is 4.90 Å². The van der Waals surface area contributed by atoms with Crippen LogP contribution < -0.4 is 10.2 Å². The first-order valence-electron chi connectivity index (χ1n) is 5.99. The first-order valence-corrected chi connectivity index (χ1v) is 6.36. The molecule has 2 N–H and O–H groups in total. The Labute approximate surface area is 118 Å². The second-order valence-electron chi connectivity index (χ2n) is 4.60. The number of halogens is 1. The van der Waals surface area contributed by atoms with Crippen LogP contribution in [0.4, 0.5) is 16.2 Å². The molecule has 2 amide bonds. The fraction of sp³-hybridized carbons (Fsp3) is 0.462. The van der Waals surface area contributed by atoms with E-state index >= 15 is 0 Å². The Kier molecular flexibility index (Phi) is 5.44. The summed E-state index contributed by atoms with van der Waals surface area (Å²) in [5, 5.41) is 12.4. The van der Waals surface area contributed by atoms with Gasteiger partial charge in [-0.1, -0.05) is 17.7 Å². The molecule has 0 heterocycles. The van der Waals surface area contributed by atoms with Gasteiger partial charge in [-0.25, -0.2) is 4.79 Å². The Balaban J connectivity index is 2.94. The Bertz CT molecular complexity index is 452. The lowest BCUT2D eigenvalue weighted by atomic mass is 10.2. The zero-order valence-electron chi connectivity index (χ0n) is 11.6. The second-order valence-corrected chi connectivity index (χ2v) is 5.01. The molecule has 0 aromatic heterocycles. The summed E-state index contributed by atoms with van der Waals surface area (Å²) in [6.45, 7) is 1.68. The van der Waals surface area contributed by atoms with E-state index < -0.39 is 0 Å². The number of rotatable bonds is 4. The molecule has 0 radical (unpaired) electrons. The molecule has 0 saturated carbocycles. The number of hydrogen-bond donors (Lipinski definition) is 2. The van der Waals surface area contributed by atoms with Crippen molar-refractivity contribution >= 4 is 29.0 Å². The van der Waals surface area contributed by atoms with Crippen LogP contribution in [-0.2, 0) is 0 Å². The van der Waals surface area contributed by atoms with Crippen LogP contribution in [0.25, 0.3) is 0 Å². The molecule has 6 heteroatoms. The van der Waals surface area contributed by atoms with Crippen molar-refractivity contribution < 1.29 is 9.90 Å². The predicted octanol–water partition coefficient (Wildman–Crippen LogP) is 2.25. The van der Waals surface area contributed by atoms with E-state index in [0.717, 1.165) is 5.69 Å². The van der Waals surface area contributed by atoms with Gasteiger partial charge in [0.15, 0.2) is 0 Å². The first kappa shape index (κ1) is 15.6. The molecule has 1 rings (SSSR count). The molecule has 1 aromatic rings. The van der Waals surface area contributed by atoms with E-state index in [1.165, 1.54) is 4.90 Å². The third-order valence-corrected chi connectivity index (χ3v) is 3.23. The number of benzene rings is 1. The molecule has 0 aliphatic rings. The molecule has 0 fully saturated rings. The van der Waals surface area contributed by atoms with Crippen molar-refractivity contribution in [3.63, 3.8) is 0 Å². The van der Waals surface area contributed by atoms with Gasteiger partial charge in [-0.3, -0.25) is 0 Å².